The summed E-state index contributed by atoms with van der Waals surface area (Å²) in [4.78, 5) is 75.4. The number of carbonyl (C=O) groups is 3. The van der Waals surface area contributed by atoms with Crippen molar-refractivity contribution in [2.45, 2.75) is 177 Å². The second kappa shape index (κ2) is 27.5. The number of thiophene rings is 6. The molecule has 2 atom stereocenters. The molecule has 0 spiro atoms. The molecule has 3 saturated heterocycles. The number of nitrogens with one attached hydrogen (secondary N) is 10. The van der Waals surface area contributed by atoms with Crippen LogP contribution in [0.1, 0.15) is 155 Å². The highest BCUT2D eigenvalue weighted by atomic mass is 32.1. The van der Waals surface area contributed by atoms with Crippen molar-refractivity contribution in [2.75, 3.05) is 81.0 Å². The van der Waals surface area contributed by atoms with Crippen LogP contribution in [0.25, 0.3) is 30.6 Å². The highest BCUT2D eigenvalue weighted by molar-refractivity contribution is 7.23. The van der Waals surface area contributed by atoms with Gasteiger partial charge < -0.3 is 78.3 Å². The van der Waals surface area contributed by atoms with Gasteiger partial charge >= 0.3 is 0 Å². The number of hydrogen-bond acceptors (Lipinski definition) is 27. The Balaban J connectivity index is 0.576. The summed E-state index contributed by atoms with van der Waals surface area (Å²) in [5, 5.41) is 78.4. The van der Waals surface area contributed by atoms with Gasteiger partial charge in [-0.25, -0.2) is 15.0 Å². The molecule has 0 unspecified atom stereocenters. The highest BCUT2D eigenvalue weighted by Gasteiger charge is 2.35. The molecule has 3 saturated carbocycles. The van der Waals surface area contributed by atoms with Crippen LogP contribution in [0.2, 0.25) is 0 Å². The second-order valence-electron chi connectivity index (χ2n) is 27.9. The van der Waals surface area contributed by atoms with Crippen molar-refractivity contribution in [3.8, 4) is 0 Å². The lowest BCUT2D eigenvalue weighted by atomic mass is 9.84. The van der Waals surface area contributed by atoms with Gasteiger partial charge in [-0.3, -0.25) is 14.4 Å². The Bertz CT molecular complexity index is 4320. The molecular formula is C67H82N18O6S6. The lowest BCUT2D eigenvalue weighted by molar-refractivity contribution is 0.0192. The Morgan fingerprint density at radius 2 is 0.866 bits per heavy atom. The summed E-state index contributed by atoms with van der Waals surface area (Å²) in [6, 6.07) is 12.3. The normalized spacial score (nSPS) is 25.6. The van der Waals surface area contributed by atoms with Crippen LogP contribution >= 0.6 is 68.0 Å². The Morgan fingerprint density at radius 1 is 0.464 bits per heavy atom. The van der Waals surface area contributed by atoms with Crippen LogP contribution in [0, 0.1) is 0 Å². The predicted octanol–water partition coefficient (Wildman–Crippen LogP) is 11.9. The first-order valence-corrected chi connectivity index (χ1v) is 39.0. The summed E-state index contributed by atoms with van der Waals surface area (Å²) in [5.41, 5.74) is 2.17. The van der Waals surface area contributed by atoms with E-state index >= 15 is 0 Å². The van der Waals surface area contributed by atoms with Gasteiger partial charge in [0.1, 0.15) is 17.5 Å². The minimum absolute atomic E-state index is 0.000626. The number of aromatic nitrogens is 6. The van der Waals surface area contributed by atoms with Crippen LogP contribution in [-0.2, 0) is 0 Å². The largest absolute Gasteiger partial charge is 0.390 e. The summed E-state index contributed by atoms with van der Waals surface area (Å²) >= 11 is 9.19. The molecule has 13 N–H and O–H groups in total. The van der Waals surface area contributed by atoms with Gasteiger partial charge in [-0.05, 0) is 172 Å². The third-order valence-electron chi connectivity index (χ3n) is 19.9. The Morgan fingerprint density at radius 3 is 1.32 bits per heavy atom. The fourth-order valence-corrected chi connectivity index (χ4v) is 19.3. The molecular weight excluding hydrogens is 1350 g/mol. The number of fused-ring (bicyclic) bond motifs is 3. The maximum atomic E-state index is 14.0. The zero-order valence-corrected chi connectivity index (χ0v) is 59.3. The molecule has 6 fully saturated rings. The molecule has 3 aliphatic heterocycles. The van der Waals surface area contributed by atoms with E-state index < -0.39 is 16.8 Å². The van der Waals surface area contributed by atoms with Crippen LogP contribution < -0.4 is 63.0 Å². The van der Waals surface area contributed by atoms with Gasteiger partial charge in [0, 0.05) is 85.1 Å². The fourth-order valence-electron chi connectivity index (χ4n) is 14.0. The number of aliphatic hydroxyl groups is 3. The summed E-state index contributed by atoms with van der Waals surface area (Å²) < 4.78 is 2.87. The van der Waals surface area contributed by atoms with E-state index in [4.69, 9.17) is 29.9 Å². The number of piperidine rings is 1. The van der Waals surface area contributed by atoms with Crippen molar-refractivity contribution in [1.82, 2.24) is 51.2 Å². The van der Waals surface area contributed by atoms with Crippen molar-refractivity contribution < 1.29 is 29.7 Å². The number of nitrogens with zero attached hydrogens (tertiary/aromatic N) is 8. The van der Waals surface area contributed by atoms with Gasteiger partial charge in [0.2, 0.25) is 17.8 Å². The summed E-state index contributed by atoms with van der Waals surface area (Å²) in [5.74, 6) is 3.18. The first-order chi connectivity index (χ1) is 46.8. The standard InChI is InChI=1S/C67H82N18O6S6/c1-65(89)15-4-39(5-16-65)69-56-53-45(14-25-92-53)75-62(81-56)78-48-26-36(33-93-48)59(86)72-42-11-22-84(23-12-42)51-29-46-54(96-51)57(70-40-6-17-66(2,90)18-7-40)82-63(76-46)80-50-28-38(35-95-50)61(88)74-44-13-24-85(32-44)52-30-47-55(97-52)58(71-41-8-19-67(3,91)20-9-41)83-64(77-47)79-49-27-37(34-94-49)60(87)73-43-10-21-68-31-43/h14,25-30,33-35,39-44,68,89-91H,4-13,15-24,31-32H2,1-3H3,(H,72,86)(H,73,87)(H,74,88)(H2,69,75,78,81)(H2,70,76,80,82)(H2,71,77,79,83)/t39-,40-,41-,43-,44+,65-,66-,67-/m0/s1. The van der Waals surface area contributed by atoms with E-state index in [1.165, 1.54) is 34.0 Å². The van der Waals surface area contributed by atoms with Crippen LogP contribution in [0.3, 0.4) is 0 Å². The van der Waals surface area contributed by atoms with E-state index in [0.717, 1.165) is 183 Å². The van der Waals surface area contributed by atoms with Crippen molar-refractivity contribution in [3.05, 3.63) is 74.6 Å². The zero-order chi connectivity index (χ0) is 66.6. The predicted molar refractivity (Wildman–Crippen MR) is 394 cm³/mol. The van der Waals surface area contributed by atoms with Crippen LogP contribution in [-0.4, -0.2) is 155 Å². The Kier molecular flexibility index (Phi) is 18.7. The Hall–Kier alpha value is -7.13. The van der Waals surface area contributed by atoms with E-state index in [0.29, 0.717) is 66.8 Å². The molecule has 9 aromatic heterocycles. The molecule has 9 aromatic rings. The molecule has 3 aliphatic carbocycles. The van der Waals surface area contributed by atoms with E-state index in [1.54, 1.807) is 34.0 Å². The molecule has 6 aliphatic rings. The van der Waals surface area contributed by atoms with E-state index in [1.807, 2.05) is 66.6 Å². The molecule has 0 aromatic carbocycles. The van der Waals surface area contributed by atoms with Gasteiger partial charge in [0.05, 0.1) is 89.1 Å². The number of hydrogen-bond donors (Lipinski definition) is 13. The lowest BCUT2D eigenvalue weighted by Gasteiger charge is -2.33. The number of anilines is 11. The second-order valence-corrected chi connectivity index (χ2v) is 33.7. The number of carbonyl (C=O) groups excluding carboxylic acids is 3. The quantitative estimate of drug-likeness (QED) is 0.0337. The highest BCUT2D eigenvalue weighted by Crippen LogP contribution is 2.43. The fraction of sp³-hybridized carbons (Fsp3) is 0.507. The minimum atomic E-state index is -0.690. The minimum Gasteiger partial charge on any atom is -0.390 e. The SMILES string of the molecule is C[C@]1(O)CC[C@H](Nc2nc(Nc3cc(C(=O)NC4CCN(c5cc6nc(Nc7cc(C(=O)N[C@@H]8CCN(c9cc%10nc(Nc%11cc(C(=O)N[C@H]%12CCNC%12)cs%11)nc(N[C@H]%11CC[C@](C)(O)CC%11)c%10s9)C8)cs7)nc(N[C@H]7CC[C@](C)(O)CC7)c6s5)CC4)cs3)nc3ccsc23)CC1. The van der Waals surface area contributed by atoms with Crippen LogP contribution in [0.4, 0.5) is 60.3 Å². The topological polar surface area (TPSA) is 316 Å². The van der Waals surface area contributed by atoms with Crippen molar-refractivity contribution in [3.63, 3.8) is 0 Å². The van der Waals surface area contributed by atoms with E-state index in [9.17, 15) is 29.7 Å². The summed E-state index contributed by atoms with van der Waals surface area (Å²) in [6.45, 7) is 10.2. The van der Waals surface area contributed by atoms with Gasteiger partial charge in [0.25, 0.3) is 17.7 Å². The summed E-state index contributed by atoms with van der Waals surface area (Å²) in [6.07, 6.45) is 12.4. The molecule has 3 amide bonds. The third kappa shape index (κ3) is 15.5. The average Bonchev–Trinajstić information content (AvgIpc) is 1.71. The average molecular weight is 1430 g/mol. The molecule has 24 nitrogen and oxygen atoms in total. The first kappa shape index (κ1) is 65.8. The lowest BCUT2D eigenvalue weighted by Crippen LogP contribution is -2.44. The molecule has 30 heteroatoms. The molecule has 0 bridgehead atoms. The molecule has 512 valence electrons. The molecule has 12 heterocycles. The molecule has 15 rings (SSSR count). The maximum Gasteiger partial charge on any atom is 0.252 e. The van der Waals surface area contributed by atoms with E-state index in [-0.39, 0.29) is 54.0 Å². The van der Waals surface area contributed by atoms with Gasteiger partial charge in [0.15, 0.2) is 0 Å². The van der Waals surface area contributed by atoms with Crippen molar-refractivity contribution >= 4 is 177 Å². The number of rotatable bonds is 20. The van der Waals surface area contributed by atoms with Gasteiger partial charge in [-0.2, -0.15) is 15.0 Å². The van der Waals surface area contributed by atoms with Crippen LogP contribution in [0.15, 0.2) is 57.9 Å². The zero-order valence-electron chi connectivity index (χ0n) is 54.4. The van der Waals surface area contributed by atoms with Crippen molar-refractivity contribution in [1.29, 1.82) is 0 Å². The molecule has 97 heavy (non-hydrogen) atoms. The molecule has 0 radical (unpaired) electrons. The summed E-state index contributed by atoms with van der Waals surface area (Å²) in [7, 11) is 0. The smallest absolute Gasteiger partial charge is 0.252 e. The van der Waals surface area contributed by atoms with Crippen LogP contribution in [0.5, 0.6) is 0 Å². The number of amides is 3. The Labute approximate surface area is 585 Å². The first-order valence-electron chi connectivity index (χ1n) is 33.8. The van der Waals surface area contributed by atoms with Gasteiger partial charge in [-0.15, -0.1) is 68.0 Å². The van der Waals surface area contributed by atoms with Crippen molar-refractivity contribution in [2.24, 2.45) is 0 Å². The van der Waals surface area contributed by atoms with Gasteiger partial charge in [-0.1, -0.05) is 0 Å². The maximum absolute atomic E-state index is 14.0. The van der Waals surface area contributed by atoms with E-state index in [2.05, 4.69) is 75.1 Å². The third-order valence-corrected chi connectivity index (χ3v) is 25.7. The monoisotopic (exact) mass is 1430 g/mol.